The van der Waals surface area contributed by atoms with Gasteiger partial charge in [0.2, 0.25) is 0 Å². The molecule has 0 saturated heterocycles. The van der Waals surface area contributed by atoms with Gasteiger partial charge in [-0.15, -0.1) is 0 Å². The normalized spacial score (nSPS) is 8.92. The number of nitriles is 1. The van der Waals surface area contributed by atoms with Gasteiger partial charge in [0, 0.05) is 12.6 Å². The number of nitrogens with zero attached hydrogens (tertiary/aromatic N) is 1. The van der Waals surface area contributed by atoms with Crippen LogP contribution in [0.5, 0.6) is 5.75 Å². The van der Waals surface area contributed by atoms with Crippen LogP contribution in [0.4, 0.5) is 0 Å². The number of phenols is 1. The minimum Gasteiger partial charge on any atom is -0.507 e. The molecule has 4 heteroatoms. The third-order valence-corrected chi connectivity index (χ3v) is 1.61. The molecular formula is C9H8N2O2. The van der Waals surface area contributed by atoms with Crippen LogP contribution in [-0.4, -0.2) is 18.1 Å². The number of benzene rings is 1. The van der Waals surface area contributed by atoms with Crippen molar-refractivity contribution in [1.82, 2.24) is 5.32 Å². The summed E-state index contributed by atoms with van der Waals surface area (Å²) >= 11 is 0. The van der Waals surface area contributed by atoms with Crippen LogP contribution in [0.1, 0.15) is 15.9 Å². The number of carbonyl (C=O) groups is 1. The summed E-state index contributed by atoms with van der Waals surface area (Å²) in [6.45, 7) is 0. The van der Waals surface area contributed by atoms with Crippen LogP contribution in [0.15, 0.2) is 18.2 Å². The summed E-state index contributed by atoms with van der Waals surface area (Å²) in [5.41, 5.74) is 0.456. The van der Waals surface area contributed by atoms with Crippen LogP contribution in [0.25, 0.3) is 0 Å². The zero-order chi connectivity index (χ0) is 9.84. The van der Waals surface area contributed by atoms with E-state index in [4.69, 9.17) is 10.4 Å². The number of nitrogens with one attached hydrogen (secondary N) is 1. The van der Waals surface area contributed by atoms with Crippen LogP contribution in [-0.2, 0) is 0 Å². The van der Waals surface area contributed by atoms with E-state index in [0.717, 1.165) is 0 Å². The number of hydrogen-bond donors (Lipinski definition) is 2. The predicted molar refractivity (Wildman–Crippen MR) is 46.2 cm³/mol. The second kappa shape index (κ2) is 3.59. The number of rotatable bonds is 1. The number of carbonyl (C=O) groups excluding carboxylic acids is 1. The molecule has 1 amide bonds. The Morgan fingerprint density at radius 1 is 1.62 bits per heavy atom. The first-order chi connectivity index (χ1) is 6.19. The van der Waals surface area contributed by atoms with E-state index in [1.807, 2.05) is 0 Å². The molecule has 0 fully saturated rings. The smallest absolute Gasteiger partial charge is 0.251 e. The zero-order valence-electron chi connectivity index (χ0n) is 7.03. The molecular weight excluding hydrogens is 168 g/mol. The quantitative estimate of drug-likeness (QED) is 0.658. The van der Waals surface area contributed by atoms with Crippen LogP contribution < -0.4 is 5.32 Å². The molecule has 0 saturated carbocycles. The summed E-state index contributed by atoms with van der Waals surface area (Å²) in [4.78, 5) is 11.1. The number of phenolic OH excluding ortho intramolecular Hbond substituents is 1. The standard InChI is InChI=1S/C9H8N2O2/c1-11-9(13)6-2-3-8(12)7(4-6)5-10/h2-4,12H,1H3,(H,11,13). The van der Waals surface area contributed by atoms with E-state index in [9.17, 15) is 4.79 Å². The van der Waals surface area contributed by atoms with E-state index in [-0.39, 0.29) is 17.2 Å². The van der Waals surface area contributed by atoms with Crippen LogP contribution in [0.2, 0.25) is 0 Å². The van der Waals surface area contributed by atoms with Crippen molar-refractivity contribution in [3.05, 3.63) is 29.3 Å². The second-order valence-electron chi connectivity index (χ2n) is 2.42. The number of hydrogen-bond acceptors (Lipinski definition) is 3. The fourth-order valence-electron chi connectivity index (χ4n) is 0.911. The lowest BCUT2D eigenvalue weighted by molar-refractivity contribution is 0.0963. The minimum absolute atomic E-state index is 0.0982. The van der Waals surface area contributed by atoms with E-state index in [2.05, 4.69) is 5.32 Å². The van der Waals surface area contributed by atoms with Crippen molar-refractivity contribution < 1.29 is 9.90 Å². The fraction of sp³-hybridized carbons (Fsp3) is 0.111. The Morgan fingerprint density at radius 3 is 2.85 bits per heavy atom. The average molecular weight is 176 g/mol. The van der Waals surface area contributed by atoms with Gasteiger partial charge in [-0.2, -0.15) is 5.26 Å². The third-order valence-electron chi connectivity index (χ3n) is 1.61. The van der Waals surface area contributed by atoms with Crippen molar-refractivity contribution in [1.29, 1.82) is 5.26 Å². The van der Waals surface area contributed by atoms with Crippen molar-refractivity contribution in [2.75, 3.05) is 7.05 Å². The van der Waals surface area contributed by atoms with Gasteiger partial charge in [0.15, 0.2) is 0 Å². The predicted octanol–water partition coefficient (Wildman–Crippen LogP) is 0.623. The molecule has 0 aliphatic heterocycles. The Balaban J connectivity index is 3.15. The molecule has 2 N–H and O–H groups in total. The molecule has 1 rings (SSSR count). The molecule has 0 aliphatic carbocycles. The van der Waals surface area contributed by atoms with Crippen molar-refractivity contribution >= 4 is 5.91 Å². The lowest BCUT2D eigenvalue weighted by atomic mass is 10.1. The highest BCUT2D eigenvalue weighted by Crippen LogP contribution is 2.16. The van der Waals surface area contributed by atoms with Gasteiger partial charge in [-0.3, -0.25) is 4.79 Å². The molecule has 0 aliphatic rings. The highest BCUT2D eigenvalue weighted by Gasteiger charge is 2.06. The van der Waals surface area contributed by atoms with Crippen LogP contribution >= 0.6 is 0 Å². The van der Waals surface area contributed by atoms with Crippen molar-refractivity contribution in [3.63, 3.8) is 0 Å². The second-order valence-corrected chi connectivity index (χ2v) is 2.42. The maximum atomic E-state index is 11.1. The van der Waals surface area contributed by atoms with Gasteiger partial charge in [0.05, 0.1) is 5.56 Å². The van der Waals surface area contributed by atoms with Crippen molar-refractivity contribution in [3.8, 4) is 11.8 Å². The lowest BCUT2D eigenvalue weighted by Crippen LogP contribution is -2.17. The monoisotopic (exact) mass is 176 g/mol. The Labute approximate surface area is 75.4 Å². The molecule has 66 valence electrons. The van der Waals surface area contributed by atoms with Crippen molar-refractivity contribution in [2.24, 2.45) is 0 Å². The first kappa shape index (κ1) is 9.07. The Bertz CT molecular complexity index is 380. The highest BCUT2D eigenvalue weighted by atomic mass is 16.3. The first-order valence-corrected chi connectivity index (χ1v) is 3.64. The summed E-state index contributed by atoms with van der Waals surface area (Å²) < 4.78 is 0. The zero-order valence-corrected chi connectivity index (χ0v) is 7.03. The molecule has 0 bridgehead atoms. The van der Waals surface area contributed by atoms with Gasteiger partial charge in [0.25, 0.3) is 5.91 Å². The summed E-state index contributed by atoms with van der Waals surface area (Å²) in [5, 5.41) is 20.1. The summed E-state index contributed by atoms with van der Waals surface area (Å²) in [6, 6.07) is 5.90. The van der Waals surface area contributed by atoms with Gasteiger partial charge in [-0.1, -0.05) is 0 Å². The van der Waals surface area contributed by atoms with Crippen molar-refractivity contribution in [2.45, 2.75) is 0 Å². The molecule has 1 aromatic rings. The molecule has 0 unspecified atom stereocenters. The largest absolute Gasteiger partial charge is 0.507 e. The molecule has 13 heavy (non-hydrogen) atoms. The van der Waals surface area contributed by atoms with E-state index in [0.29, 0.717) is 5.56 Å². The molecule has 4 nitrogen and oxygen atoms in total. The average Bonchev–Trinajstić information content (AvgIpc) is 2.17. The van der Waals surface area contributed by atoms with Gasteiger partial charge >= 0.3 is 0 Å². The minimum atomic E-state index is -0.281. The summed E-state index contributed by atoms with van der Waals surface area (Å²) in [5.74, 6) is -0.397. The Kier molecular flexibility index (Phi) is 2.50. The first-order valence-electron chi connectivity index (χ1n) is 3.64. The van der Waals surface area contributed by atoms with E-state index in [1.54, 1.807) is 6.07 Å². The topological polar surface area (TPSA) is 73.1 Å². The van der Waals surface area contributed by atoms with Gasteiger partial charge in [-0.25, -0.2) is 0 Å². The molecule has 0 spiro atoms. The van der Waals surface area contributed by atoms with Crippen LogP contribution in [0, 0.1) is 11.3 Å². The van der Waals surface area contributed by atoms with Gasteiger partial charge < -0.3 is 10.4 Å². The summed E-state index contributed by atoms with van der Waals surface area (Å²) in [7, 11) is 1.50. The van der Waals surface area contributed by atoms with E-state index in [1.165, 1.54) is 25.2 Å². The number of amides is 1. The van der Waals surface area contributed by atoms with Gasteiger partial charge in [-0.05, 0) is 18.2 Å². The molecule has 1 aromatic carbocycles. The Morgan fingerprint density at radius 2 is 2.31 bits per heavy atom. The fourth-order valence-corrected chi connectivity index (χ4v) is 0.911. The van der Waals surface area contributed by atoms with Gasteiger partial charge in [0.1, 0.15) is 11.8 Å². The maximum absolute atomic E-state index is 11.1. The molecule has 0 aromatic heterocycles. The lowest BCUT2D eigenvalue weighted by Gasteiger charge is -2.00. The molecule has 0 radical (unpaired) electrons. The molecule has 0 heterocycles. The van der Waals surface area contributed by atoms with Crippen LogP contribution in [0.3, 0.4) is 0 Å². The molecule has 0 atom stereocenters. The maximum Gasteiger partial charge on any atom is 0.251 e. The summed E-state index contributed by atoms with van der Waals surface area (Å²) in [6.07, 6.45) is 0. The highest BCUT2D eigenvalue weighted by molar-refractivity contribution is 5.94. The SMILES string of the molecule is CNC(=O)c1ccc(O)c(C#N)c1. The van der Waals surface area contributed by atoms with E-state index >= 15 is 0 Å². The Hall–Kier alpha value is -2.02. The van der Waals surface area contributed by atoms with E-state index < -0.39 is 0 Å². The number of aromatic hydroxyl groups is 1. The third kappa shape index (κ3) is 1.76.